The number of methoxy groups -OCH3 is 1. The summed E-state index contributed by atoms with van der Waals surface area (Å²) in [6.45, 7) is 3.81. The Labute approximate surface area is 170 Å². The van der Waals surface area contributed by atoms with Crippen LogP contribution in [0.25, 0.3) is 11.0 Å². The molecule has 1 aliphatic heterocycles. The van der Waals surface area contributed by atoms with Crippen LogP contribution in [-0.2, 0) is 22.5 Å². The fourth-order valence-corrected chi connectivity index (χ4v) is 3.68. The third-order valence-electron chi connectivity index (χ3n) is 5.21. The number of benzene rings is 2. The van der Waals surface area contributed by atoms with Gasteiger partial charge in [-0.3, -0.25) is 9.69 Å². The molecule has 0 bridgehead atoms. The number of hydrogen-bond acceptors (Lipinski definition) is 5. The van der Waals surface area contributed by atoms with E-state index in [0.717, 1.165) is 41.9 Å². The molecule has 0 unspecified atom stereocenters. The standard InChI is InChI=1S/C23H26N2O4/c1-27-19-7-8-21-18(16-29-22(21)12-19)11-23(26)24-13-20-15-25(9-10-28-20)14-17-5-3-2-4-6-17/h2-8,12,16,20H,9-11,13-15H2,1H3,(H,24,26)/t20-/m0/s1. The maximum Gasteiger partial charge on any atom is 0.224 e. The number of hydrogen-bond donors (Lipinski definition) is 1. The van der Waals surface area contributed by atoms with Crippen molar-refractivity contribution in [1.29, 1.82) is 0 Å². The smallest absolute Gasteiger partial charge is 0.224 e. The summed E-state index contributed by atoms with van der Waals surface area (Å²) in [5.74, 6) is 0.699. The fraction of sp³-hybridized carbons (Fsp3) is 0.348. The highest BCUT2D eigenvalue weighted by Crippen LogP contribution is 2.25. The lowest BCUT2D eigenvalue weighted by molar-refractivity contribution is -0.121. The average molecular weight is 394 g/mol. The lowest BCUT2D eigenvalue weighted by atomic mass is 10.1. The first kappa shape index (κ1) is 19.5. The van der Waals surface area contributed by atoms with Crippen molar-refractivity contribution in [3.05, 3.63) is 65.9 Å². The highest BCUT2D eigenvalue weighted by Gasteiger charge is 2.21. The predicted octanol–water partition coefficient (Wildman–Crippen LogP) is 3.00. The molecule has 152 valence electrons. The topological polar surface area (TPSA) is 63.9 Å². The first-order valence-corrected chi connectivity index (χ1v) is 9.90. The molecule has 0 radical (unpaired) electrons. The number of carbonyl (C=O) groups excluding carboxylic acids is 1. The third kappa shape index (κ3) is 4.96. The molecule has 2 heterocycles. The minimum atomic E-state index is -0.0349. The van der Waals surface area contributed by atoms with E-state index < -0.39 is 0 Å². The van der Waals surface area contributed by atoms with Gasteiger partial charge in [-0.05, 0) is 17.7 Å². The van der Waals surface area contributed by atoms with Crippen LogP contribution in [-0.4, -0.2) is 50.3 Å². The molecule has 1 saturated heterocycles. The minimum Gasteiger partial charge on any atom is -0.497 e. The van der Waals surface area contributed by atoms with Crippen molar-refractivity contribution in [2.75, 3.05) is 33.4 Å². The average Bonchev–Trinajstić information content (AvgIpc) is 3.15. The van der Waals surface area contributed by atoms with Gasteiger partial charge in [0.25, 0.3) is 0 Å². The Morgan fingerprint density at radius 1 is 1.24 bits per heavy atom. The lowest BCUT2D eigenvalue weighted by Gasteiger charge is -2.33. The Morgan fingerprint density at radius 3 is 2.93 bits per heavy atom. The number of morpholine rings is 1. The Balaban J connectivity index is 1.28. The van der Waals surface area contributed by atoms with Crippen LogP contribution < -0.4 is 10.1 Å². The van der Waals surface area contributed by atoms with Gasteiger partial charge in [0.1, 0.15) is 11.3 Å². The fourth-order valence-electron chi connectivity index (χ4n) is 3.68. The molecule has 0 aliphatic carbocycles. The van der Waals surface area contributed by atoms with Crippen molar-refractivity contribution < 1.29 is 18.7 Å². The van der Waals surface area contributed by atoms with E-state index in [1.54, 1.807) is 13.4 Å². The molecule has 6 heteroatoms. The van der Waals surface area contributed by atoms with E-state index in [2.05, 4.69) is 34.5 Å². The Morgan fingerprint density at radius 2 is 2.10 bits per heavy atom. The van der Waals surface area contributed by atoms with E-state index >= 15 is 0 Å². The van der Waals surface area contributed by atoms with Crippen molar-refractivity contribution in [2.24, 2.45) is 0 Å². The number of ether oxygens (including phenoxy) is 2. The summed E-state index contributed by atoms with van der Waals surface area (Å²) in [6.07, 6.45) is 1.92. The van der Waals surface area contributed by atoms with Crippen molar-refractivity contribution in [3.63, 3.8) is 0 Å². The van der Waals surface area contributed by atoms with E-state index in [0.29, 0.717) is 13.2 Å². The summed E-state index contributed by atoms with van der Waals surface area (Å²) in [6, 6.07) is 16.0. The van der Waals surface area contributed by atoms with Gasteiger partial charge < -0.3 is 19.2 Å². The van der Waals surface area contributed by atoms with Crippen LogP contribution in [0.1, 0.15) is 11.1 Å². The number of furan rings is 1. The van der Waals surface area contributed by atoms with Gasteiger partial charge in [-0.1, -0.05) is 30.3 Å². The molecular formula is C23H26N2O4. The molecule has 0 saturated carbocycles. The Kier molecular flexibility index (Phi) is 6.12. The zero-order chi connectivity index (χ0) is 20.1. The third-order valence-corrected chi connectivity index (χ3v) is 5.21. The van der Waals surface area contributed by atoms with Crippen LogP contribution in [0.2, 0.25) is 0 Å². The van der Waals surface area contributed by atoms with E-state index in [1.165, 1.54) is 5.56 Å². The minimum absolute atomic E-state index is 0.00164. The number of rotatable bonds is 7. The summed E-state index contributed by atoms with van der Waals surface area (Å²) in [5.41, 5.74) is 2.88. The van der Waals surface area contributed by atoms with Crippen LogP contribution in [0, 0.1) is 0 Å². The zero-order valence-corrected chi connectivity index (χ0v) is 16.6. The molecule has 2 aromatic carbocycles. The predicted molar refractivity (Wildman–Crippen MR) is 111 cm³/mol. The number of amides is 1. The maximum atomic E-state index is 12.4. The molecule has 0 spiro atoms. The molecule has 1 fully saturated rings. The zero-order valence-electron chi connectivity index (χ0n) is 16.6. The number of nitrogens with one attached hydrogen (secondary N) is 1. The molecule has 1 atom stereocenters. The van der Waals surface area contributed by atoms with Crippen LogP contribution in [0.5, 0.6) is 5.75 Å². The first-order chi connectivity index (χ1) is 14.2. The van der Waals surface area contributed by atoms with Crippen LogP contribution in [0.15, 0.2) is 59.2 Å². The normalized spacial score (nSPS) is 17.3. The van der Waals surface area contributed by atoms with Gasteiger partial charge in [0, 0.05) is 43.2 Å². The summed E-state index contributed by atoms with van der Waals surface area (Å²) >= 11 is 0. The lowest BCUT2D eigenvalue weighted by Crippen LogP contribution is -2.47. The maximum absolute atomic E-state index is 12.4. The molecule has 6 nitrogen and oxygen atoms in total. The molecule has 1 aliphatic rings. The summed E-state index contributed by atoms with van der Waals surface area (Å²) < 4.78 is 16.6. The van der Waals surface area contributed by atoms with Gasteiger partial charge in [0.2, 0.25) is 5.91 Å². The Hall–Kier alpha value is -2.83. The van der Waals surface area contributed by atoms with E-state index in [1.807, 2.05) is 24.3 Å². The van der Waals surface area contributed by atoms with E-state index in [4.69, 9.17) is 13.9 Å². The van der Waals surface area contributed by atoms with Crippen molar-refractivity contribution >= 4 is 16.9 Å². The number of fused-ring (bicyclic) bond motifs is 1. The number of nitrogens with zero attached hydrogens (tertiary/aromatic N) is 1. The van der Waals surface area contributed by atoms with Crippen LogP contribution in [0.3, 0.4) is 0 Å². The molecule has 4 rings (SSSR count). The molecule has 3 aromatic rings. The summed E-state index contributed by atoms with van der Waals surface area (Å²) in [5, 5.41) is 3.94. The molecular weight excluding hydrogens is 368 g/mol. The quantitative estimate of drug-likeness (QED) is 0.667. The van der Waals surface area contributed by atoms with Gasteiger partial charge in [0.15, 0.2) is 0 Å². The second-order valence-electron chi connectivity index (χ2n) is 7.32. The molecule has 1 aromatic heterocycles. The second-order valence-corrected chi connectivity index (χ2v) is 7.32. The monoisotopic (exact) mass is 394 g/mol. The van der Waals surface area contributed by atoms with E-state index in [-0.39, 0.29) is 18.4 Å². The van der Waals surface area contributed by atoms with Gasteiger partial charge >= 0.3 is 0 Å². The van der Waals surface area contributed by atoms with Gasteiger partial charge in [-0.2, -0.15) is 0 Å². The summed E-state index contributed by atoms with van der Waals surface area (Å²) in [7, 11) is 1.62. The van der Waals surface area contributed by atoms with Crippen molar-refractivity contribution in [3.8, 4) is 5.75 Å². The van der Waals surface area contributed by atoms with Crippen LogP contribution >= 0.6 is 0 Å². The summed E-state index contributed by atoms with van der Waals surface area (Å²) in [4.78, 5) is 14.8. The largest absolute Gasteiger partial charge is 0.497 e. The molecule has 1 amide bonds. The first-order valence-electron chi connectivity index (χ1n) is 9.90. The van der Waals surface area contributed by atoms with Gasteiger partial charge in [-0.25, -0.2) is 0 Å². The molecule has 29 heavy (non-hydrogen) atoms. The highest BCUT2D eigenvalue weighted by molar-refractivity contribution is 5.88. The SMILES string of the molecule is COc1ccc2c(CC(=O)NC[C@H]3CN(Cc4ccccc4)CCO3)coc2c1. The molecule has 1 N–H and O–H groups in total. The van der Waals surface area contributed by atoms with Crippen molar-refractivity contribution in [2.45, 2.75) is 19.1 Å². The van der Waals surface area contributed by atoms with Gasteiger partial charge in [-0.15, -0.1) is 0 Å². The van der Waals surface area contributed by atoms with Gasteiger partial charge in [0.05, 0.1) is 32.5 Å². The Bertz CT molecular complexity index is 954. The van der Waals surface area contributed by atoms with E-state index in [9.17, 15) is 4.79 Å². The van der Waals surface area contributed by atoms with Crippen molar-refractivity contribution in [1.82, 2.24) is 10.2 Å². The highest BCUT2D eigenvalue weighted by atomic mass is 16.5. The second kappa shape index (κ2) is 9.11. The number of carbonyl (C=O) groups is 1. The van der Waals surface area contributed by atoms with Crippen LogP contribution in [0.4, 0.5) is 0 Å².